The molecule has 0 aromatic carbocycles. The molecule has 5 aliphatic carbocycles. The maximum atomic E-state index is 14.3. The summed E-state index contributed by atoms with van der Waals surface area (Å²) < 4.78 is 66.6. The van der Waals surface area contributed by atoms with Crippen molar-refractivity contribution in [2.24, 2.45) is 50.2 Å². The average molecular weight is 1270 g/mol. The van der Waals surface area contributed by atoms with E-state index in [0.717, 1.165) is 11.9 Å². The van der Waals surface area contributed by atoms with Crippen LogP contribution in [0.5, 0.6) is 0 Å². The highest BCUT2D eigenvalue weighted by molar-refractivity contribution is 5.87. The number of allylic oxidation sites excluding steroid dienone is 3. The fraction of sp³-hybridized carbons (Fsp3) is 0.852. The predicted octanol–water partition coefficient (Wildman–Crippen LogP) is -1.44. The second-order valence-electron chi connectivity index (χ2n) is 27.9. The molecule has 0 radical (unpaired) electrons. The molecule has 30 atom stereocenters. The number of carboxylic acids is 1. The van der Waals surface area contributed by atoms with E-state index in [1.54, 1.807) is 26.8 Å². The van der Waals surface area contributed by atoms with E-state index in [4.69, 9.17) is 52.1 Å². The molecule has 9 aliphatic rings. The van der Waals surface area contributed by atoms with Crippen LogP contribution < -0.4 is 0 Å². The first-order valence-corrected chi connectivity index (χ1v) is 30.7. The Hall–Kier alpha value is -3.73. The standard InChI is InChI=1S/C61H92O28/c1-11-25(2)51(78)89-49-48(75)61(24-81-26(3)64)29(18-56(49,5)6)28-12-13-34-57(7)16-15-35(58(8,23-63)33(57)14-17-59(34,9)60(28,10)19-36(61)82-27(4)65)84-55-47(88-53-42(73)40(71)39(70)32(20-62)83-53)44(43(74)45(86-55)50(76)77)85-54-46(38(69)31(67)22-80-54)87-52-41(72)37(68)30(66)21-79-52/h11-12,23,29-49,52-55,62,66-75H,13-22,24H2,1-10H3,(H,76,77)/b25-11-/t29-,30?,31-,32+,33+,34+,35-,36+,37?,38-,39-,40-,41?,42+,43-,44-,45-,46+,47+,48-,49-,52?,53-,54-,55+,57-,58-,59+,60+,61-/m0/s1. The molecule has 28 heteroatoms. The van der Waals surface area contributed by atoms with Gasteiger partial charge in [-0.05, 0) is 92.8 Å². The molecule has 4 unspecified atom stereocenters. The van der Waals surface area contributed by atoms with E-state index in [9.17, 15) is 85.3 Å². The second-order valence-corrected chi connectivity index (χ2v) is 27.9. The first-order chi connectivity index (χ1) is 41.6. The quantitative estimate of drug-likeness (QED) is 0.0210. The number of aliphatic carboxylic acids is 1. The lowest BCUT2D eigenvalue weighted by atomic mass is 9.33. The summed E-state index contributed by atoms with van der Waals surface area (Å²) in [4.78, 5) is 67.1. The molecule has 0 aromatic heterocycles. The van der Waals surface area contributed by atoms with Crippen LogP contribution in [0.25, 0.3) is 0 Å². The fourth-order valence-corrected chi connectivity index (χ4v) is 17.2. The summed E-state index contributed by atoms with van der Waals surface area (Å²) in [5.41, 5.74) is -4.65. The van der Waals surface area contributed by atoms with E-state index >= 15 is 0 Å². The number of aliphatic hydroxyl groups excluding tert-OH is 11. The highest BCUT2D eigenvalue weighted by atomic mass is 16.8. The zero-order chi connectivity index (χ0) is 65.6. The summed E-state index contributed by atoms with van der Waals surface area (Å²) >= 11 is 0. The molecule has 0 amide bonds. The highest BCUT2D eigenvalue weighted by Gasteiger charge is 2.75. The van der Waals surface area contributed by atoms with Crippen molar-refractivity contribution in [3.05, 3.63) is 23.3 Å². The smallest absolute Gasteiger partial charge is 0.335 e. The Balaban J connectivity index is 1.07. The molecule has 504 valence electrons. The molecule has 4 aliphatic heterocycles. The van der Waals surface area contributed by atoms with Crippen LogP contribution in [0, 0.1) is 50.2 Å². The third-order valence-electron chi connectivity index (χ3n) is 22.5. The van der Waals surface area contributed by atoms with E-state index in [2.05, 4.69) is 26.8 Å². The van der Waals surface area contributed by atoms with E-state index in [0.29, 0.717) is 37.7 Å². The monoisotopic (exact) mass is 1270 g/mol. The average Bonchev–Trinajstić information content (AvgIpc) is 0.693. The van der Waals surface area contributed by atoms with E-state index < -0.39 is 223 Å². The molecule has 8 fully saturated rings. The molecular weight excluding hydrogens is 1180 g/mol. The first kappa shape index (κ1) is 69.6. The Morgan fingerprint density at radius 3 is 1.90 bits per heavy atom. The second kappa shape index (κ2) is 25.9. The van der Waals surface area contributed by atoms with Crippen molar-refractivity contribution in [3.63, 3.8) is 0 Å². The van der Waals surface area contributed by atoms with Gasteiger partial charge in [-0.2, -0.15) is 0 Å². The van der Waals surface area contributed by atoms with Gasteiger partial charge in [-0.1, -0.05) is 59.3 Å². The van der Waals surface area contributed by atoms with Gasteiger partial charge >= 0.3 is 23.9 Å². The third kappa shape index (κ3) is 11.9. The van der Waals surface area contributed by atoms with Gasteiger partial charge in [0.25, 0.3) is 0 Å². The lowest BCUT2D eigenvalue weighted by Crippen LogP contribution is -2.72. The fourth-order valence-electron chi connectivity index (χ4n) is 17.2. The molecule has 4 saturated carbocycles. The third-order valence-corrected chi connectivity index (χ3v) is 22.5. The van der Waals surface area contributed by atoms with Crippen molar-refractivity contribution in [1.29, 1.82) is 0 Å². The molecule has 9 rings (SSSR count). The largest absolute Gasteiger partial charge is 0.479 e. The minimum Gasteiger partial charge on any atom is -0.479 e. The predicted molar refractivity (Wildman–Crippen MR) is 298 cm³/mol. The first-order valence-electron chi connectivity index (χ1n) is 30.7. The summed E-state index contributed by atoms with van der Waals surface area (Å²) in [6.45, 7) is 15.3. The van der Waals surface area contributed by atoms with Gasteiger partial charge in [-0.15, -0.1) is 0 Å². The molecule has 28 nitrogen and oxygen atoms in total. The zero-order valence-corrected chi connectivity index (χ0v) is 51.8. The van der Waals surface area contributed by atoms with Crippen LogP contribution in [0.4, 0.5) is 0 Å². The van der Waals surface area contributed by atoms with Gasteiger partial charge in [0.1, 0.15) is 111 Å². The molecule has 4 saturated heterocycles. The lowest BCUT2D eigenvalue weighted by Gasteiger charge is -2.72. The van der Waals surface area contributed by atoms with Crippen molar-refractivity contribution in [3.8, 4) is 0 Å². The number of aliphatic hydroxyl groups is 11. The molecular formula is C61H92O28. The Kier molecular flexibility index (Phi) is 20.2. The van der Waals surface area contributed by atoms with Gasteiger partial charge < -0.3 is 118 Å². The maximum absolute atomic E-state index is 14.3. The number of carbonyl (C=O) groups is 5. The molecule has 12 N–H and O–H groups in total. The van der Waals surface area contributed by atoms with Crippen LogP contribution >= 0.6 is 0 Å². The summed E-state index contributed by atoms with van der Waals surface area (Å²) in [6, 6.07) is 0. The molecule has 0 spiro atoms. The zero-order valence-electron chi connectivity index (χ0n) is 51.8. The van der Waals surface area contributed by atoms with Crippen LogP contribution in [0.15, 0.2) is 23.3 Å². The number of ether oxygens (including phenoxy) is 11. The van der Waals surface area contributed by atoms with Gasteiger partial charge in [0.2, 0.25) is 0 Å². The molecule has 4 heterocycles. The summed E-state index contributed by atoms with van der Waals surface area (Å²) in [7, 11) is 0. The SMILES string of the molecule is C/C=C(/C)C(=O)O[C@H]1[C@H](O)[C@]2(COC(C)=O)[C@H](OC(C)=O)C[C@]3(C)C(=CC[C@@H]4[C@@]5(C)CC[C@H](O[C@@H]6O[C@H](C(=O)O)[C@@H](O)[C@H](O[C@@H]7OC[C@H](O)[C@H](O)[C@H]7OC7OCC(O)C(O)C7O)[C@H]6O[C@@H]6O[C@H](CO)[C@H](O)[C@H](O)[C@H]6O)[C@@](C)(C=O)[C@@H]5CC[C@]43C)[C@@H]2CC1(C)C. The molecule has 0 aromatic rings. The number of fused-ring (bicyclic) bond motifs is 7. The van der Waals surface area contributed by atoms with Gasteiger partial charge in [-0.3, -0.25) is 9.59 Å². The Labute approximate surface area is 515 Å². The number of hydrogen-bond donors (Lipinski definition) is 12. The number of carbonyl (C=O) groups excluding carboxylic acids is 4. The normalized spacial score (nSPS) is 49.7. The van der Waals surface area contributed by atoms with Crippen molar-refractivity contribution in [2.75, 3.05) is 26.4 Å². The van der Waals surface area contributed by atoms with Crippen molar-refractivity contribution in [1.82, 2.24) is 0 Å². The highest BCUT2D eigenvalue weighted by Crippen LogP contribution is 2.76. The van der Waals surface area contributed by atoms with E-state index in [1.807, 2.05) is 13.8 Å². The van der Waals surface area contributed by atoms with Crippen LogP contribution in [-0.2, 0) is 76.1 Å². The summed E-state index contributed by atoms with van der Waals surface area (Å²) in [5.74, 6) is -4.97. The van der Waals surface area contributed by atoms with Crippen LogP contribution in [0.3, 0.4) is 0 Å². The number of esters is 3. The van der Waals surface area contributed by atoms with Crippen LogP contribution in [0.2, 0.25) is 0 Å². The van der Waals surface area contributed by atoms with Gasteiger partial charge in [0, 0.05) is 24.8 Å². The molecule has 0 bridgehead atoms. The number of rotatable bonds is 16. The number of carboxylic acid groups (broad SMARTS) is 1. The minimum absolute atomic E-state index is 0.0912. The van der Waals surface area contributed by atoms with Crippen molar-refractivity contribution in [2.45, 2.75) is 249 Å². The van der Waals surface area contributed by atoms with Crippen molar-refractivity contribution >= 4 is 30.2 Å². The van der Waals surface area contributed by atoms with Crippen LogP contribution in [-0.4, -0.2) is 253 Å². The molecule has 89 heavy (non-hydrogen) atoms. The topological polar surface area (TPSA) is 430 Å². The maximum Gasteiger partial charge on any atom is 0.335 e. The van der Waals surface area contributed by atoms with E-state index in [-0.39, 0.29) is 25.4 Å². The lowest BCUT2D eigenvalue weighted by molar-refractivity contribution is -0.398. The van der Waals surface area contributed by atoms with Gasteiger partial charge in [0.05, 0.1) is 36.8 Å². The number of hydrogen-bond acceptors (Lipinski definition) is 27. The van der Waals surface area contributed by atoms with Gasteiger partial charge in [0.15, 0.2) is 31.3 Å². The Bertz CT molecular complexity index is 2670. The van der Waals surface area contributed by atoms with Crippen LogP contribution in [0.1, 0.15) is 114 Å². The van der Waals surface area contributed by atoms with Crippen molar-refractivity contribution < 1.29 is 137 Å². The Morgan fingerprint density at radius 1 is 0.652 bits per heavy atom. The Morgan fingerprint density at radius 2 is 1.28 bits per heavy atom. The summed E-state index contributed by atoms with van der Waals surface area (Å²) in [5, 5.41) is 132. The number of aldehydes is 1. The minimum atomic E-state index is -2.29. The van der Waals surface area contributed by atoms with Gasteiger partial charge in [-0.25, -0.2) is 9.59 Å². The van der Waals surface area contributed by atoms with E-state index in [1.165, 1.54) is 13.8 Å². The summed E-state index contributed by atoms with van der Waals surface area (Å²) in [6.07, 6.45) is -32.9.